The molecule has 0 saturated carbocycles. The van der Waals surface area contributed by atoms with Crippen molar-refractivity contribution in [2.75, 3.05) is 11.9 Å². The van der Waals surface area contributed by atoms with Crippen molar-refractivity contribution in [1.29, 1.82) is 0 Å². The summed E-state index contributed by atoms with van der Waals surface area (Å²) in [6.07, 6.45) is 0. The van der Waals surface area contributed by atoms with Gasteiger partial charge in [-0.2, -0.15) is 0 Å². The number of amides is 1. The summed E-state index contributed by atoms with van der Waals surface area (Å²) in [5, 5.41) is 6.40. The van der Waals surface area contributed by atoms with Gasteiger partial charge in [-0.25, -0.2) is 4.98 Å². The van der Waals surface area contributed by atoms with Crippen molar-refractivity contribution in [3.63, 3.8) is 0 Å². The lowest BCUT2D eigenvalue weighted by Gasteiger charge is -2.10. The predicted octanol–water partition coefficient (Wildman–Crippen LogP) is 6.46. The van der Waals surface area contributed by atoms with Crippen LogP contribution in [0.2, 0.25) is 5.02 Å². The number of aromatic nitrogens is 1. The minimum atomic E-state index is -0.217. The molecule has 6 heteroatoms. The third kappa shape index (κ3) is 4.70. The van der Waals surface area contributed by atoms with Crippen molar-refractivity contribution in [3.8, 4) is 27.6 Å². The van der Waals surface area contributed by atoms with Crippen molar-refractivity contribution in [1.82, 2.24) is 4.98 Å². The molecule has 0 aliphatic heterocycles. The lowest BCUT2D eigenvalue weighted by Crippen LogP contribution is -2.20. The summed E-state index contributed by atoms with van der Waals surface area (Å²) in [5.74, 6) is 0.487. The fourth-order valence-corrected chi connectivity index (χ4v) is 4.13. The predicted molar refractivity (Wildman–Crippen MR) is 123 cm³/mol. The maximum Gasteiger partial charge on any atom is 0.262 e. The van der Waals surface area contributed by atoms with E-state index in [4.69, 9.17) is 21.3 Å². The van der Waals surface area contributed by atoms with Crippen molar-refractivity contribution in [3.05, 3.63) is 88.8 Å². The summed E-state index contributed by atoms with van der Waals surface area (Å²) in [6, 6.07) is 22.9. The first-order valence-electron chi connectivity index (χ1n) is 9.39. The van der Waals surface area contributed by atoms with Crippen LogP contribution in [-0.4, -0.2) is 17.5 Å². The number of halogens is 1. The molecule has 30 heavy (non-hydrogen) atoms. The van der Waals surface area contributed by atoms with Gasteiger partial charge in [0.2, 0.25) is 0 Å². The number of para-hydroxylation sites is 1. The standard InChI is InChI=1S/C24H19ClN2O2S/c1-16-7-2-5-12-22(16)29-14-23(28)26-18-9-6-8-17(13-18)21-15-30-24(27-21)19-10-3-4-11-20(19)25/h2-13,15H,14H2,1H3,(H,26,28). The van der Waals surface area contributed by atoms with Crippen LogP contribution in [0.3, 0.4) is 0 Å². The number of thiazole rings is 1. The Morgan fingerprint density at radius 2 is 1.87 bits per heavy atom. The highest BCUT2D eigenvalue weighted by atomic mass is 35.5. The topological polar surface area (TPSA) is 51.2 Å². The molecule has 4 rings (SSSR count). The van der Waals surface area contributed by atoms with Crippen LogP contribution in [0.15, 0.2) is 78.2 Å². The summed E-state index contributed by atoms with van der Waals surface area (Å²) in [7, 11) is 0. The quantitative estimate of drug-likeness (QED) is 0.379. The van der Waals surface area contributed by atoms with Gasteiger partial charge in [0.05, 0.1) is 10.7 Å². The molecular weight excluding hydrogens is 416 g/mol. The molecule has 4 aromatic rings. The Labute approximate surface area is 184 Å². The molecule has 0 spiro atoms. The van der Waals surface area contributed by atoms with Crippen LogP contribution in [0.25, 0.3) is 21.8 Å². The number of nitrogens with one attached hydrogen (secondary N) is 1. The molecule has 1 N–H and O–H groups in total. The van der Waals surface area contributed by atoms with Crippen LogP contribution in [0.1, 0.15) is 5.56 Å². The molecule has 0 aliphatic carbocycles. The molecule has 1 aromatic heterocycles. The van der Waals surface area contributed by atoms with E-state index >= 15 is 0 Å². The average molecular weight is 435 g/mol. The Morgan fingerprint density at radius 1 is 1.07 bits per heavy atom. The average Bonchev–Trinajstić information content (AvgIpc) is 3.24. The first-order valence-corrected chi connectivity index (χ1v) is 10.6. The highest BCUT2D eigenvalue weighted by molar-refractivity contribution is 7.13. The molecule has 0 radical (unpaired) electrons. The van der Waals surface area contributed by atoms with Crippen LogP contribution in [0.5, 0.6) is 5.75 Å². The molecule has 1 heterocycles. The zero-order chi connectivity index (χ0) is 20.9. The minimum absolute atomic E-state index is 0.0531. The highest BCUT2D eigenvalue weighted by Crippen LogP contribution is 2.33. The molecule has 4 nitrogen and oxygen atoms in total. The number of carbonyl (C=O) groups excluding carboxylic acids is 1. The van der Waals surface area contributed by atoms with E-state index in [-0.39, 0.29) is 12.5 Å². The van der Waals surface area contributed by atoms with E-state index in [1.807, 2.05) is 85.1 Å². The summed E-state index contributed by atoms with van der Waals surface area (Å²) >= 11 is 7.82. The smallest absolute Gasteiger partial charge is 0.262 e. The van der Waals surface area contributed by atoms with Gasteiger partial charge in [0.1, 0.15) is 10.8 Å². The third-order valence-electron chi connectivity index (χ3n) is 4.50. The number of hydrogen-bond donors (Lipinski definition) is 1. The van der Waals surface area contributed by atoms with Gasteiger partial charge < -0.3 is 10.1 Å². The zero-order valence-corrected chi connectivity index (χ0v) is 17.8. The molecule has 1 amide bonds. The molecule has 0 fully saturated rings. The Bertz CT molecular complexity index is 1190. The van der Waals surface area contributed by atoms with E-state index in [0.717, 1.165) is 27.4 Å². The first-order chi connectivity index (χ1) is 14.6. The number of aryl methyl sites for hydroxylation is 1. The molecule has 0 atom stereocenters. The summed E-state index contributed by atoms with van der Waals surface area (Å²) in [4.78, 5) is 17.0. The van der Waals surface area contributed by atoms with E-state index in [9.17, 15) is 4.79 Å². The Balaban J connectivity index is 1.45. The molecular formula is C24H19ClN2O2S. The molecule has 0 saturated heterocycles. The van der Waals surface area contributed by atoms with E-state index in [0.29, 0.717) is 16.5 Å². The molecule has 3 aromatic carbocycles. The van der Waals surface area contributed by atoms with Crippen LogP contribution < -0.4 is 10.1 Å². The van der Waals surface area contributed by atoms with Crippen molar-refractivity contribution in [2.24, 2.45) is 0 Å². The summed E-state index contributed by atoms with van der Waals surface area (Å²) in [5.41, 5.74) is 4.35. The van der Waals surface area contributed by atoms with E-state index in [2.05, 4.69) is 5.32 Å². The molecule has 0 aliphatic rings. The van der Waals surface area contributed by atoms with E-state index in [1.165, 1.54) is 11.3 Å². The molecule has 0 bridgehead atoms. The Kier molecular flexibility index (Phi) is 6.12. The number of anilines is 1. The monoisotopic (exact) mass is 434 g/mol. The number of carbonyl (C=O) groups is 1. The largest absolute Gasteiger partial charge is 0.483 e. The number of rotatable bonds is 6. The lowest BCUT2D eigenvalue weighted by atomic mass is 10.1. The number of nitrogens with zero attached hydrogens (tertiary/aromatic N) is 1. The summed E-state index contributed by atoms with van der Waals surface area (Å²) in [6.45, 7) is 1.89. The highest BCUT2D eigenvalue weighted by Gasteiger charge is 2.11. The van der Waals surface area contributed by atoms with E-state index in [1.54, 1.807) is 0 Å². The van der Waals surface area contributed by atoms with Crippen LogP contribution >= 0.6 is 22.9 Å². The second kappa shape index (κ2) is 9.11. The normalized spacial score (nSPS) is 10.6. The number of ether oxygens (including phenoxy) is 1. The SMILES string of the molecule is Cc1ccccc1OCC(=O)Nc1cccc(-c2csc(-c3ccccc3Cl)n2)c1. The van der Waals surface area contributed by atoms with Gasteiger partial charge in [-0.3, -0.25) is 4.79 Å². The first kappa shape index (κ1) is 20.1. The van der Waals surface area contributed by atoms with Crippen LogP contribution in [-0.2, 0) is 4.79 Å². The summed E-state index contributed by atoms with van der Waals surface area (Å²) < 4.78 is 5.61. The third-order valence-corrected chi connectivity index (χ3v) is 5.71. The fraction of sp³-hybridized carbons (Fsp3) is 0.0833. The Hall–Kier alpha value is -3.15. The Morgan fingerprint density at radius 3 is 2.70 bits per heavy atom. The van der Waals surface area contributed by atoms with Crippen molar-refractivity contribution < 1.29 is 9.53 Å². The zero-order valence-electron chi connectivity index (χ0n) is 16.3. The van der Waals surface area contributed by atoms with Gasteiger partial charge in [0, 0.05) is 22.2 Å². The van der Waals surface area contributed by atoms with Crippen LogP contribution in [0.4, 0.5) is 5.69 Å². The second-order valence-electron chi connectivity index (χ2n) is 6.70. The minimum Gasteiger partial charge on any atom is -0.483 e. The van der Waals surface area contributed by atoms with Crippen molar-refractivity contribution >= 4 is 34.5 Å². The van der Waals surface area contributed by atoms with E-state index < -0.39 is 0 Å². The van der Waals surface area contributed by atoms with Gasteiger partial charge in [0.15, 0.2) is 6.61 Å². The maximum atomic E-state index is 12.3. The number of hydrogen-bond acceptors (Lipinski definition) is 4. The van der Waals surface area contributed by atoms with Gasteiger partial charge in [0.25, 0.3) is 5.91 Å². The lowest BCUT2D eigenvalue weighted by molar-refractivity contribution is -0.118. The van der Waals surface area contributed by atoms with Crippen molar-refractivity contribution in [2.45, 2.75) is 6.92 Å². The van der Waals surface area contributed by atoms with Gasteiger partial charge >= 0.3 is 0 Å². The second-order valence-corrected chi connectivity index (χ2v) is 7.97. The van der Waals surface area contributed by atoms with Gasteiger partial charge in [-0.05, 0) is 36.8 Å². The molecule has 0 unspecified atom stereocenters. The molecule has 150 valence electrons. The fourth-order valence-electron chi connectivity index (χ4n) is 2.98. The van der Waals surface area contributed by atoms with Gasteiger partial charge in [-0.1, -0.05) is 60.1 Å². The maximum absolute atomic E-state index is 12.3. The van der Waals surface area contributed by atoms with Crippen LogP contribution in [0, 0.1) is 6.92 Å². The number of benzene rings is 3. The van der Waals surface area contributed by atoms with Gasteiger partial charge in [-0.15, -0.1) is 11.3 Å².